The first-order valence-corrected chi connectivity index (χ1v) is 25.2. The van der Waals surface area contributed by atoms with Crippen LogP contribution in [0.5, 0.6) is 0 Å². The number of carbonyl (C=O) groups excluding carboxylic acids is 3. The molecule has 9 nitrogen and oxygen atoms in total. The summed E-state index contributed by atoms with van der Waals surface area (Å²) in [5.41, 5.74) is 11.0. The van der Waals surface area contributed by atoms with Gasteiger partial charge in [0.05, 0.1) is 23.7 Å². The van der Waals surface area contributed by atoms with E-state index < -0.39 is 34.0 Å². The summed E-state index contributed by atoms with van der Waals surface area (Å²) in [5, 5.41) is 12.6. The van der Waals surface area contributed by atoms with Gasteiger partial charge in [-0.1, -0.05) is 109 Å². The lowest BCUT2D eigenvalue weighted by Crippen LogP contribution is -2.40. The fraction of sp³-hybridized carbons (Fsp3) is 0.310. The quantitative estimate of drug-likeness (QED) is 0.0581. The molecule has 8 rings (SSSR count). The van der Waals surface area contributed by atoms with Gasteiger partial charge in [-0.05, 0) is 149 Å². The molecule has 0 saturated heterocycles. The average molecular weight is 965 g/mol. The van der Waals surface area contributed by atoms with E-state index in [1.165, 1.54) is 16.0 Å². The van der Waals surface area contributed by atoms with E-state index in [2.05, 4.69) is 53.8 Å². The highest BCUT2D eigenvalue weighted by Crippen LogP contribution is 2.42. The first kappa shape index (κ1) is 52.1. The molecule has 1 amide bonds. The Kier molecular flexibility index (Phi) is 17.6. The number of benzene rings is 6. The number of nitrogen functional groups attached to an aromatic ring is 1. The number of carboxylic acid groups (broad SMARTS) is 1. The molecule has 0 atom stereocenters. The monoisotopic (exact) mass is 964 g/mol. The van der Waals surface area contributed by atoms with Crippen LogP contribution in [0.1, 0.15) is 87.8 Å². The van der Waals surface area contributed by atoms with E-state index in [1.807, 2.05) is 142 Å². The van der Waals surface area contributed by atoms with E-state index >= 15 is 0 Å². The molecule has 0 radical (unpaired) electrons. The summed E-state index contributed by atoms with van der Waals surface area (Å²) < 4.78 is 10.9. The molecule has 2 aliphatic rings. The Morgan fingerprint density at radius 3 is 1.25 bits per heavy atom. The number of aliphatic carboxylic acids is 1. The van der Waals surface area contributed by atoms with Crippen molar-refractivity contribution in [3.63, 3.8) is 0 Å². The second kappa shape index (κ2) is 23.3. The van der Waals surface area contributed by atoms with Gasteiger partial charge in [-0.2, -0.15) is 0 Å². The normalized spacial score (nSPS) is 14.1. The highest BCUT2D eigenvalue weighted by molar-refractivity contribution is 7.98. The zero-order valence-electron chi connectivity index (χ0n) is 40.5. The van der Waals surface area contributed by atoms with Gasteiger partial charge in [0.2, 0.25) is 5.91 Å². The van der Waals surface area contributed by atoms with Gasteiger partial charge in [0.25, 0.3) is 0 Å². The molecule has 6 aromatic rings. The van der Waals surface area contributed by atoms with E-state index in [4.69, 9.17) is 15.2 Å². The molecular formula is C58H64N2O7S2. The second-order valence-electron chi connectivity index (χ2n) is 19.7. The smallest absolute Gasteiger partial charge is 0.310 e. The van der Waals surface area contributed by atoms with E-state index in [-0.39, 0.29) is 24.7 Å². The van der Waals surface area contributed by atoms with Crippen LogP contribution in [0.15, 0.2) is 168 Å². The van der Waals surface area contributed by atoms with Gasteiger partial charge < -0.3 is 25.6 Å². The molecular weight excluding hydrogens is 901 g/mol. The van der Waals surface area contributed by atoms with E-state index in [9.17, 15) is 24.3 Å². The van der Waals surface area contributed by atoms with Crippen LogP contribution in [0.4, 0.5) is 11.4 Å². The number of carboxylic acids is 1. The molecule has 0 saturated carbocycles. The highest BCUT2D eigenvalue weighted by atomic mass is 32.2. The van der Waals surface area contributed by atoms with Gasteiger partial charge in [0.15, 0.2) is 0 Å². The SMILES string of the molecule is CC(C)(C)OC(=O)CC1(C(=O)Nc2ccc(SCc3ccccc3)cc2)Cc2ccccc2C1.CC(C)(C)OC(=O)CC1(C(=O)O)Cc2ccccc2C1.Nc1ccc(SCc2ccccc2)cc1. The van der Waals surface area contributed by atoms with Crippen molar-refractivity contribution in [1.82, 2.24) is 0 Å². The van der Waals surface area contributed by atoms with Crippen molar-refractivity contribution in [3.8, 4) is 0 Å². The van der Waals surface area contributed by atoms with Gasteiger partial charge in [-0.25, -0.2) is 0 Å². The lowest BCUT2D eigenvalue weighted by atomic mass is 9.80. The van der Waals surface area contributed by atoms with Gasteiger partial charge in [0.1, 0.15) is 11.2 Å². The topological polar surface area (TPSA) is 145 Å². The summed E-state index contributed by atoms with van der Waals surface area (Å²) in [6, 6.07) is 52.4. The number of fused-ring (bicyclic) bond motifs is 2. The fourth-order valence-electron chi connectivity index (χ4n) is 8.36. The fourth-order valence-corrected chi connectivity index (χ4v) is 10.1. The third-order valence-electron chi connectivity index (χ3n) is 11.6. The number of hydrogen-bond acceptors (Lipinski definition) is 9. The van der Waals surface area contributed by atoms with Crippen molar-refractivity contribution in [1.29, 1.82) is 0 Å². The predicted molar refractivity (Wildman–Crippen MR) is 279 cm³/mol. The molecule has 0 aromatic heterocycles. The van der Waals surface area contributed by atoms with Crippen molar-refractivity contribution < 1.29 is 33.8 Å². The van der Waals surface area contributed by atoms with Crippen molar-refractivity contribution in [2.75, 3.05) is 11.1 Å². The van der Waals surface area contributed by atoms with Crippen molar-refractivity contribution in [2.45, 2.75) is 113 Å². The molecule has 0 spiro atoms. The summed E-state index contributed by atoms with van der Waals surface area (Å²) in [4.78, 5) is 52.4. The van der Waals surface area contributed by atoms with Crippen LogP contribution in [0.3, 0.4) is 0 Å². The minimum Gasteiger partial charge on any atom is -0.481 e. The maximum absolute atomic E-state index is 13.6. The van der Waals surface area contributed by atoms with Crippen LogP contribution in [0.25, 0.3) is 0 Å². The largest absolute Gasteiger partial charge is 0.481 e. The number of nitrogens with two attached hydrogens (primary N) is 1. The third-order valence-corrected chi connectivity index (χ3v) is 13.7. The molecule has 0 unspecified atom stereocenters. The van der Waals surface area contributed by atoms with Crippen LogP contribution in [0.2, 0.25) is 0 Å². The summed E-state index contributed by atoms with van der Waals surface area (Å²) >= 11 is 3.58. The summed E-state index contributed by atoms with van der Waals surface area (Å²) in [5.74, 6) is 0.0313. The average Bonchev–Trinajstić information content (AvgIpc) is 3.88. The molecule has 360 valence electrons. The molecule has 0 fully saturated rings. The minimum absolute atomic E-state index is 0.0514. The van der Waals surface area contributed by atoms with Crippen molar-refractivity contribution in [2.24, 2.45) is 10.8 Å². The lowest BCUT2D eigenvalue weighted by Gasteiger charge is -2.29. The number of hydrogen-bond donors (Lipinski definition) is 3. The molecule has 0 aliphatic heterocycles. The van der Waals surface area contributed by atoms with E-state index in [1.54, 1.807) is 32.5 Å². The first-order chi connectivity index (χ1) is 32.8. The molecule has 11 heteroatoms. The van der Waals surface area contributed by atoms with E-state index in [0.717, 1.165) is 50.0 Å². The Morgan fingerprint density at radius 2 is 0.870 bits per heavy atom. The Bertz CT molecular complexity index is 2610. The Hall–Kier alpha value is -6.30. The Balaban J connectivity index is 0.000000188. The molecule has 0 bridgehead atoms. The van der Waals surface area contributed by atoms with Crippen LogP contribution < -0.4 is 11.1 Å². The number of amides is 1. The number of anilines is 2. The minimum atomic E-state index is -1.06. The van der Waals surface area contributed by atoms with Crippen LogP contribution >= 0.6 is 23.5 Å². The lowest BCUT2D eigenvalue weighted by molar-refractivity contribution is -0.164. The number of carbonyl (C=O) groups is 4. The molecule has 69 heavy (non-hydrogen) atoms. The van der Waals surface area contributed by atoms with Gasteiger partial charge in [0, 0.05) is 32.7 Å². The summed E-state index contributed by atoms with van der Waals surface area (Å²) in [7, 11) is 0. The van der Waals surface area contributed by atoms with Crippen LogP contribution in [0, 0.1) is 10.8 Å². The Labute approximate surface area is 416 Å². The number of rotatable bonds is 13. The maximum atomic E-state index is 13.6. The highest BCUT2D eigenvalue weighted by Gasteiger charge is 2.47. The second-order valence-corrected chi connectivity index (χ2v) is 21.8. The summed E-state index contributed by atoms with van der Waals surface area (Å²) in [6.07, 6.45) is 1.79. The van der Waals surface area contributed by atoms with E-state index in [0.29, 0.717) is 25.7 Å². The molecule has 4 N–H and O–H groups in total. The number of esters is 2. The van der Waals surface area contributed by atoms with Gasteiger partial charge >= 0.3 is 17.9 Å². The number of thioether (sulfide) groups is 2. The van der Waals surface area contributed by atoms with Gasteiger partial charge in [-0.3, -0.25) is 19.2 Å². The number of nitrogens with one attached hydrogen (secondary N) is 1. The molecule has 6 aromatic carbocycles. The first-order valence-electron chi connectivity index (χ1n) is 23.2. The van der Waals surface area contributed by atoms with Crippen LogP contribution in [-0.2, 0) is 65.8 Å². The third kappa shape index (κ3) is 15.9. The maximum Gasteiger partial charge on any atom is 0.310 e. The standard InChI is InChI=1S/C29H31NO3S.C16H20O4.C13H13NS/c1-28(2,3)33-26(31)19-29(17-22-11-7-8-12-23(22)18-29)27(32)30-24-13-15-25(16-14-24)34-20-21-9-5-4-6-10-21;1-15(2,3)20-13(17)10-16(14(18)19)8-11-6-4-5-7-12(11)9-16;14-12-6-8-13(9-7-12)15-10-11-4-2-1-3-5-11/h4-16H,17-20H2,1-3H3,(H,30,32);4-7H,8-10H2,1-3H3,(H,18,19);1-9H,10,14H2. The molecule has 0 heterocycles. The van der Waals surface area contributed by atoms with Crippen molar-refractivity contribution in [3.05, 3.63) is 191 Å². The molecule has 2 aliphatic carbocycles. The van der Waals surface area contributed by atoms with Crippen molar-refractivity contribution >= 4 is 58.7 Å². The summed E-state index contributed by atoms with van der Waals surface area (Å²) in [6.45, 7) is 10.9. The number of ether oxygens (including phenoxy) is 2. The van der Waals surface area contributed by atoms with Crippen LogP contribution in [-0.4, -0.2) is 40.1 Å². The zero-order chi connectivity index (χ0) is 49.7. The van der Waals surface area contributed by atoms with Gasteiger partial charge in [-0.15, -0.1) is 23.5 Å². The zero-order valence-corrected chi connectivity index (χ0v) is 42.1. The Morgan fingerprint density at radius 1 is 0.522 bits per heavy atom. The predicted octanol–water partition coefficient (Wildman–Crippen LogP) is 12.6.